The Bertz CT molecular complexity index is 798. The van der Waals surface area contributed by atoms with Crippen LogP contribution in [-0.2, 0) is 4.79 Å². The molecule has 0 saturated carbocycles. The first-order chi connectivity index (χ1) is 12.9. The number of nitrogens with zero attached hydrogens (tertiary/aromatic N) is 4. The summed E-state index contributed by atoms with van der Waals surface area (Å²) in [5.74, 6) is 0.691. The molecule has 0 aliphatic carbocycles. The third kappa shape index (κ3) is 4.63. The molecule has 1 aliphatic heterocycles. The van der Waals surface area contributed by atoms with Crippen molar-refractivity contribution in [3.63, 3.8) is 0 Å². The van der Waals surface area contributed by atoms with Crippen LogP contribution in [-0.4, -0.2) is 53.3 Å². The summed E-state index contributed by atoms with van der Waals surface area (Å²) in [7, 11) is 1.51. The average Bonchev–Trinajstić information content (AvgIpc) is 3.16. The molecule has 3 heterocycles. The molecule has 27 heavy (non-hydrogen) atoms. The third-order valence-electron chi connectivity index (χ3n) is 4.16. The Balaban J connectivity index is 1.77. The first kappa shape index (κ1) is 18.9. The van der Waals surface area contributed by atoms with Gasteiger partial charge in [-0.25, -0.2) is 15.0 Å². The van der Waals surface area contributed by atoms with E-state index in [0.29, 0.717) is 42.5 Å². The Morgan fingerprint density at radius 3 is 2.81 bits per heavy atom. The highest BCUT2D eigenvalue weighted by molar-refractivity contribution is 5.85. The van der Waals surface area contributed by atoms with E-state index >= 15 is 0 Å². The molecule has 1 amide bonds. The lowest BCUT2D eigenvalue weighted by Gasteiger charge is -2.25. The topological polar surface area (TPSA) is 80.2 Å². The number of amides is 1. The van der Waals surface area contributed by atoms with Gasteiger partial charge in [-0.1, -0.05) is 0 Å². The molecule has 0 spiro atoms. The van der Waals surface area contributed by atoms with Gasteiger partial charge < -0.3 is 15.0 Å². The SMILES string of the molecule is COc1ccc(-c2nccc(N3CCC[C@@H]3C(=O)NCC(F)(F)F)n2)cn1. The standard InChI is InChI=1S/C17H18F3N5O2/c1-27-14-5-4-11(9-22-14)15-21-7-6-13(24-15)25-8-2-3-12(25)16(26)23-10-17(18,19)20/h4-7,9,12H,2-3,8,10H2,1H3,(H,23,26)/t12-/m1/s1. The smallest absolute Gasteiger partial charge is 0.405 e. The molecule has 0 unspecified atom stereocenters. The highest BCUT2D eigenvalue weighted by Crippen LogP contribution is 2.26. The highest BCUT2D eigenvalue weighted by atomic mass is 19.4. The van der Waals surface area contributed by atoms with Crippen molar-refractivity contribution in [1.82, 2.24) is 20.3 Å². The van der Waals surface area contributed by atoms with Crippen LogP contribution in [0.5, 0.6) is 5.88 Å². The fourth-order valence-corrected chi connectivity index (χ4v) is 2.90. The Labute approximate surface area is 153 Å². The molecule has 7 nitrogen and oxygen atoms in total. The Hall–Kier alpha value is -2.91. The second kappa shape index (κ2) is 7.77. The molecule has 1 fully saturated rings. The van der Waals surface area contributed by atoms with Crippen LogP contribution < -0.4 is 15.0 Å². The van der Waals surface area contributed by atoms with E-state index in [2.05, 4.69) is 15.0 Å². The Morgan fingerprint density at radius 1 is 1.33 bits per heavy atom. The number of carbonyl (C=O) groups excluding carboxylic acids is 1. The van der Waals surface area contributed by atoms with E-state index in [0.717, 1.165) is 0 Å². The molecule has 1 saturated heterocycles. The maximum Gasteiger partial charge on any atom is 0.405 e. The maximum absolute atomic E-state index is 12.4. The lowest BCUT2D eigenvalue weighted by molar-refractivity contribution is -0.139. The lowest BCUT2D eigenvalue weighted by Crippen LogP contribution is -2.46. The van der Waals surface area contributed by atoms with Crippen LogP contribution in [0.25, 0.3) is 11.4 Å². The van der Waals surface area contributed by atoms with Gasteiger partial charge in [0.15, 0.2) is 5.82 Å². The fraction of sp³-hybridized carbons (Fsp3) is 0.412. The summed E-state index contributed by atoms with van der Waals surface area (Å²) in [5.41, 5.74) is 0.662. The summed E-state index contributed by atoms with van der Waals surface area (Å²) < 4.78 is 42.1. The van der Waals surface area contributed by atoms with Crippen LogP contribution in [0.3, 0.4) is 0 Å². The molecule has 1 N–H and O–H groups in total. The molecular weight excluding hydrogens is 363 g/mol. The van der Waals surface area contributed by atoms with Gasteiger partial charge in [-0.3, -0.25) is 4.79 Å². The maximum atomic E-state index is 12.4. The molecule has 2 aromatic rings. The van der Waals surface area contributed by atoms with E-state index < -0.39 is 24.7 Å². The van der Waals surface area contributed by atoms with E-state index in [1.807, 2.05) is 5.32 Å². The number of ether oxygens (including phenoxy) is 1. The van der Waals surface area contributed by atoms with Crippen LogP contribution in [0.15, 0.2) is 30.6 Å². The highest BCUT2D eigenvalue weighted by Gasteiger charge is 2.34. The number of alkyl halides is 3. The first-order valence-electron chi connectivity index (χ1n) is 8.32. The third-order valence-corrected chi connectivity index (χ3v) is 4.16. The Morgan fingerprint density at radius 2 is 2.15 bits per heavy atom. The van der Waals surface area contributed by atoms with Gasteiger partial charge in [0.25, 0.3) is 0 Å². The quantitative estimate of drug-likeness (QED) is 0.855. The number of pyridine rings is 1. The van der Waals surface area contributed by atoms with Gasteiger partial charge in [-0.2, -0.15) is 13.2 Å². The number of methoxy groups -OCH3 is 1. The number of carbonyl (C=O) groups is 1. The summed E-state index contributed by atoms with van der Waals surface area (Å²) in [6.45, 7) is -0.815. The molecule has 0 bridgehead atoms. The van der Waals surface area contributed by atoms with Gasteiger partial charge in [0.1, 0.15) is 18.4 Å². The van der Waals surface area contributed by atoms with Gasteiger partial charge in [0.2, 0.25) is 11.8 Å². The van der Waals surface area contributed by atoms with Gasteiger partial charge >= 0.3 is 6.18 Å². The van der Waals surface area contributed by atoms with Crippen molar-refractivity contribution < 1.29 is 22.7 Å². The molecule has 144 valence electrons. The van der Waals surface area contributed by atoms with Crippen molar-refractivity contribution in [1.29, 1.82) is 0 Å². The molecule has 1 aliphatic rings. The molecule has 2 aromatic heterocycles. The van der Waals surface area contributed by atoms with Crippen molar-refractivity contribution in [3.8, 4) is 17.3 Å². The lowest BCUT2D eigenvalue weighted by atomic mass is 10.2. The van der Waals surface area contributed by atoms with Gasteiger partial charge in [-0.15, -0.1) is 0 Å². The summed E-state index contributed by atoms with van der Waals surface area (Å²) in [6, 6.07) is 4.37. The van der Waals surface area contributed by atoms with Crippen LogP contribution in [0, 0.1) is 0 Å². The summed E-state index contributed by atoms with van der Waals surface area (Å²) in [5, 5.41) is 1.95. The van der Waals surface area contributed by atoms with E-state index in [4.69, 9.17) is 4.74 Å². The van der Waals surface area contributed by atoms with Crippen molar-refractivity contribution in [2.45, 2.75) is 25.1 Å². The predicted octanol–water partition coefficient (Wildman–Crippen LogP) is 2.19. The number of rotatable bonds is 5. The van der Waals surface area contributed by atoms with Gasteiger partial charge in [-0.05, 0) is 25.0 Å². The van der Waals surface area contributed by atoms with Crippen molar-refractivity contribution in [2.24, 2.45) is 0 Å². The minimum atomic E-state index is -4.44. The number of hydrogen-bond donors (Lipinski definition) is 1. The fourth-order valence-electron chi connectivity index (χ4n) is 2.90. The van der Waals surface area contributed by atoms with Crippen LogP contribution in [0.4, 0.5) is 19.0 Å². The van der Waals surface area contributed by atoms with Gasteiger partial charge in [0, 0.05) is 30.6 Å². The molecule has 0 aromatic carbocycles. The Kier molecular flexibility index (Phi) is 5.43. The van der Waals surface area contributed by atoms with Crippen LogP contribution in [0.1, 0.15) is 12.8 Å². The largest absolute Gasteiger partial charge is 0.481 e. The predicted molar refractivity (Wildman–Crippen MR) is 91.2 cm³/mol. The number of halogens is 3. The van der Waals surface area contributed by atoms with Crippen molar-refractivity contribution >= 4 is 11.7 Å². The molecule has 1 atom stereocenters. The number of anilines is 1. The monoisotopic (exact) mass is 381 g/mol. The number of hydrogen-bond acceptors (Lipinski definition) is 6. The second-order valence-corrected chi connectivity index (χ2v) is 6.01. The normalized spacial score (nSPS) is 17.0. The zero-order valence-corrected chi connectivity index (χ0v) is 14.5. The molecular formula is C17H18F3N5O2. The molecule has 10 heteroatoms. The van der Waals surface area contributed by atoms with E-state index in [1.54, 1.807) is 35.5 Å². The van der Waals surface area contributed by atoms with E-state index in [-0.39, 0.29) is 0 Å². The summed E-state index contributed by atoms with van der Waals surface area (Å²) in [4.78, 5) is 26.6. The zero-order valence-electron chi connectivity index (χ0n) is 14.5. The molecule has 0 radical (unpaired) electrons. The summed E-state index contributed by atoms with van der Waals surface area (Å²) >= 11 is 0. The zero-order chi connectivity index (χ0) is 19.4. The van der Waals surface area contributed by atoms with E-state index in [1.165, 1.54) is 7.11 Å². The molecule has 3 rings (SSSR count). The average molecular weight is 381 g/mol. The van der Waals surface area contributed by atoms with Crippen molar-refractivity contribution in [2.75, 3.05) is 25.1 Å². The van der Waals surface area contributed by atoms with Crippen molar-refractivity contribution in [3.05, 3.63) is 30.6 Å². The van der Waals surface area contributed by atoms with E-state index in [9.17, 15) is 18.0 Å². The summed E-state index contributed by atoms with van der Waals surface area (Å²) in [6.07, 6.45) is -0.177. The number of nitrogens with one attached hydrogen (secondary N) is 1. The van der Waals surface area contributed by atoms with Crippen LogP contribution in [0.2, 0.25) is 0 Å². The minimum Gasteiger partial charge on any atom is -0.481 e. The second-order valence-electron chi connectivity index (χ2n) is 6.01. The first-order valence-corrected chi connectivity index (χ1v) is 8.32. The minimum absolute atomic E-state index is 0.406. The van der Waals surface area contributed by atoms with Gasteiger partial charge in [0.05, 0.1) is 7.11 Å². The number of aromatic nitrogens is 3. The van der Waals surface area contributed by atoms with Crippen LogP contribution >= 0.6 is 0 Å².